The molecule has 1 saturated carbocycles. The van der Waals surface area contributed by atoms with E-state index in [4.69, 9.17) is 0 Å². The van der Waals surface area contributed by atoms with E-state index in [1.807, 2.05) is 28.8 Å². The van der Waals surface area contributed by atoms with Gasteiger partial charge in [0.25, 0.3) is 5.56 Å². The van der Waals surface area contributed by atoms with Crippen molar-refractivity contribution in [2.24, 2.45) is 0 Å². The first kappa shape index (κ1) is 15.9. The van der Waals surface area contributed by atoms with Crippen LogP contribution in [0, 0.1) is 0 Å². The molecular weight excluding hydrogens is 316 g/mol. The molecule has 1 atom stereocenters. The van der Waals surface area contributed by atoms with Crippen molar-refractivity contribution in [3.8, 4) is 0 Å². The molecule has 6 nitrogen and oxygen atoms in total. The maximum atomic E-state index is 13.0. The minimum absolute atomic E-state index is 0.114. The Balaban J connectivity index is 1.77. The van der Waals surface area contributed by atoms with Crippen molar-refractivity contribution in [2.75, 3.05) is 0 Å². The van der Waals surface area contributed by atoms with Crippen LogP contribution in [-0.2, 0) is 4.79 Å². The first-order valence-electron chi connectivity index (χ1n) is 8.93. The minimum Gasteiger partial charge on any atom is -0.352 e. The van der Waals surface area contributed by atoms with Crippen molar-refractivity contribution < 1.29 is 4.79 Å². The van der Waals surface area contributed by atoms with Crippen LogP contribution in [0.25, 0.3) is 16.7 Å². The molecule has 1 aliphatic rings. The fourth-order valence-electron chi connectivity index (χ4n) is 3.79. The van der Waals surface area contributed by atoms with Gasteiger partial charge in [-0.1, -0.05) is 19.3 Å². The van der Waals surface area contributed by atoms with Crippen molar-refractivity contribution in [1.82, 2.24) is 19.3 Å². The highest BCUT2D eigenvalue weighted by atomic mass is 16.2. The molecule has 0 aliphatic heterocycles. The van der Waals surface area contributed by atoms with Crippen LogP contribution in [0.4, 0.5) is 0 Å². The summed E-state index contributed by atoms with van der Waals surface area (Å²) < 4.78 is 3.34. The number of hydrogen-bond donors (Lipinski definition) is 1. The molecule has 1 fully saturated rings. The second-order valence-corrected chi connectivity index (χ2v) is 6.80. The number of fused-ring (bicyclic) bond motifs is 3. The number of rotatable bonds is 3. The summed E-state index contributed by atoms with van der Waals surface area (Å²) in [6.07, 6.45) is 9.08. The second-order valence-electron chi connectivity index (χ2n) is 6.80. The third-order valence-corrected chi connectivity index (χ3v) is 5.16. The van der Waals surface area contributed by atoms with Crippen LogP contribution in [0.5, 0.6) is 0 Å². The zero-order valence-electron chi connectivity index (χ0n) is 14.3. The van der Waals surface area contributed by atoms with E-state index < -0.39 is 6.04 Å². The molecule has 4 rings (SSSR count). The molecular formula is C19H22N4O2. The van der Waals surface area contributed by atoms with E-state index in [-0.39, 0.29) is 17.5 Å². The Morgan fingerprint density at radius 1 is 1.20 bits per heavy atom. The molecule has 25 heavy (non-hydrogen) atoms. The highest BCUT2D eigenvalue weighted by Gasteiger charge is 2.24. The number of amides is 1. The lowest BCUT2D eigenvalue weighted by Gasteiger charge is -2.25. The van der Waals surface area contributed by atoms with Crippen LogP contribution < -0.4 is 10.9 Å². The van der Waals surface area contributed by atoms with Gasteiger partial charge in [-0.25, -0.2) is 4.98 Å². The average Bonchev–Trinajstić information content (AvgIpc) is 3.13. The van der Waals surface area contributed by atoms with Crippen LogP contribution >= 0.6 is 0 Å². The first-order chi connectivity index (χ1) is 12.2. The molecule has 0 saturated heterocycles. The molecule has 0 aromatic carbocycles. The molecule has 6 heteroatoms. The van der Waals surface area contributed by atoms with Gasteiger partial charge in [0.1, 0.15) is 11.6 Å². The minimum atomic E-state index is -0.605. The molecule has 1 amide bonds. The second kappa shape index (κ2) is 6.35. The normalized spacial score (nSPS) is 17.0. The van der Waals surface area contributed by atoms with Gasteiger partial charge in [-0.05, 0) is 44.0 Å². The largest absolute Gasteiger partial charge is 0.352 e. The number of hydrogen-bond acceptors (Lipinski definition) is 3. The van der Waals surface area contributed by atoms with E-state index in [1.54, 1.807) is 19.2 Å². The summed E-state index contributed by atoms with van der Waals surface area (Å²) in [5, 5.41) is 3.12. The zero-order chi connectivity index (χ0) is 17.4. The smallest absolute Gasteiger partial charge is 0.277 e. The summed E-state index contributed by atoms with van der Waals surface area (Å²) in [7, 11) is 0. The number of aromatic nitrogens is 3. The van der Waals surface area contributed by atoms with Crippen LogP contribution in [0.15, 0.2) is 41.5 Å². The summed E-state index contributed by atoms with van der Waals surface area (Å²) in [4.78, 5) is 30.1. The Morgan fingerprint density at radius 3 is 2.76 bits per heavy atom. The molecule has 0 radical (unpaired) electrons. The summed E-state index contributed by atoms with van der Waals surface area (Å²) in [6.45, 7) is 1.77. The van der Waals surface area contributed by atoms with Crippen molar-refractivity contribution in [1.29, 1.82) is 0 Å². The van der Waals surface area contributed by atoms with Gasteiger partial charge < -0.3 is 9.72 Å². The molecule has 1 aliphatic carbocycles. The van der Waals surface area contributed by atoms with E-state index in [9.17, 15) is 9.59 Å². The highest BCUT2D eigenvalue weighted by molar-refractivity contribution is 5.83. The zero-order valence-corrected chi connectivity index (χ0v) is 14.3. The Bertz CT molecular complexity index is 982. The van der Waals surface area contributed by atoms with Gasteiger partial charge >= 0.3 is 0 Å². The van der Waals surface area contributed by atoms with E-state index in [0.717, 1.165) is 31.2 Å². The fraction of sp³-hybridized carbons (Fsp3) is 0.421. The topological polar surface area (TPSA) is 68.4 Å². The van der Waals surface area contributed by atoms with Crippen molar-refractivity contribution in [3.05, 3.63) is 47.0 Å². The lowest BCUT2D eigenvalue weighted by atomic mass is 9.95. The Morgan fingerprint density at radius 2 is 1.96 bits per heavy atom. The monoisotopic (exact) mass is 338 g/mol. The van der Waals surface area contributed by atoms with E-state index in [1.165, 1.54) is 11.0 Å². The van der Waals surface area contributed by atoms with Gasteiger partial charge in [0.2, 0.25) is 5.91 Å². The fourth-order valence-corrected chi connectivity index (χ4v) is 3.79. The first-order valence-corrected chi connectivity index (χ1v) is 8.93. The highest BCUT2D eigenvalue weighted by Crippen LogP contribution is 2.20. The van der Waals surface area contributed by atoms with Crippen molar-refractivity contribution in [2.45, 2.75) is 51.1 Å². The summed E-state index contributed by atoms with van der Waals surface area (Å²) in [6, 6.07) is 6.97. The van der Waals surface area contributed by atoms with E-state index in [2.05, 4.69) is 10.3 Å². The van der Waals surface area contributed by atoms with E-state index >= 15 is 0 Å². The Hall–Kier alpha value is -2.63. The Labute approximate surface area is 145 Å². The third-order valence-electron chi connectivity index (χ3n) is 5.16. The maximum Gasteiger partial charge on any atom is 0.277 e. The summed E-state index contributed by atoms with van der Waals surface area (Å²) in [5.74, 6) is -0.114. The number of pyridine rings is 1. The molecule has 3 aromatic rings. The van der Waals surface area contributed by atoms with Gasteiger partial charge in [0.05, 0.1) is 5.52 Å². The van der Waals surface area contributed by atoms with Crippen LogP contribution in [0.1, 0.15) is 45.1 Å². The lowest BCUT2D eigenvalue weighted by Crippen LogP contribution is -2.42. The molecule has 0 spiro atoms. The van der Waals surface area contributed by atoms with Gasteiger partial charge in [-0.2, -0.15) is 0 Å². The lowest BCUT2D eigenvalue weighted by molar-refractivity contribution is -0.124. The van der Waals surface area contributed by atoms with E-state index in [0.29, 0.717) is 11.2 Å². The predicted molar refractivity (Wildman–Crippen MR) is 96.7 cm³/mol. The molecule has 1 unspecified atom stereocenters. The molecule has 130 valence electrons. The van der Waals surface area contributed by atoms with Crippen LogP contribution in [0.2, 0.25) is 0 Å². The predicted octanol–water partition coefficient (Wildman–Crippen LogP) is 2.66. The SMILES string of the molecule is CC(C(=O)NC1CCCCC1)n1c(=O)c2cccn2c2cccnc21. The standard InChI is InChI=1S/C19H22N4O2/c1-13(18(24)21-14-7-3-2-4-8-14)23-17-15(9-5-11-20-17)22-12-6-10-16(22)19(23)25/h5-6,9-14H,2-4,7-8H2,1H3,(H,21,24). The van der Waals surface area contributed by atoms with Crippen LogP contribution in [0.3, 0.4) is 0 Å². The van der Waals surface area contributed by atoms with Crippen molar-refractivity contribution in [3.63, 3.8) is 0 Å². The average molecular weight is 338 g/mol. The summed E-state index contributed by atoms with van der Waals surface area (Å²) >= 11 is 0. The number of nitrogens with zero attached hydrogens (tertiary/aromatic N) is 3. The number of carbonyl (C=O) groups excluding carboxylic acids is 1. The van der Waals surface area contributed by atoms with Gasteiger partial charge in [0.15, 0.2) is 5.65 Å². The number of carbonyl (C=O) groups is 1. The van der Waals surface area contributed by atoms with Gasteiger partial charge in [-0.3, -0.25) is 14.2 Å². The number of nitrogens with one attached hydrogen (secondary N) is 1. The molecule has 3 heterocycles. The van der Waals surface area contributed by atoms with Crippen LogP contribution in [-0.4, -0.2) is 25.9 Å². The summed E-state index contributed by atoms with van der Waals surface area (Å²) in [5.41, 5.74) is 1.71. The molecule has 3 aromatic heterocycles. The van der Waals surface area contributed by atoms with Gasteiger partial charge in [-0.15, -0.1) is 0 Å². The molecule has 0 bridgehead atoms. The quantitative estimate of drug-likeness (QED) is 0.798. The third kappa shape index (κ3) is 2.71. The Kier molecular flexibility index (Phi) is 4.03. The van der Waals surface area contributed by atoms with Gasteiger partial charge in [0, 0.05) is 18.4 Å². The van der Waals surface area contributed by atoms with Crippen molar-refractivity contribution >= 4 is 22.6 Å². The maximum absolute atomic E-state index is 13.0. The molecule has 1 N–H and O–H groups in total.